The fourth-order valence-electron chi connectivity index (χ4n) is 4.54. The molecule has 3 aromatic carbocycles. The first-order valence-electron chi connectivity index (χ1n) is 13.7. The van der Waals surface area contributed by atoms with E-state index in [2.05, 4.69) is 50.4 Å². The average Bonchev–Trinajstić information content (AvgIpc) is 2.88. The molecule has 39 heavy (non-hydrogen) atoms. The van der Waals surface area contributed by atoms with E-state index in [4.69, 9.17) is 4.74 Å². The Kier molecular flexibility index (Phi) is 9.96. The van der Waals surface area contributed by atoms with Gasteiger partial charge in [0.05, 0.1) is 7.11 Å². The van der Waals surface area contributed by atoms with Gasteiger partial charge in [-0.3, -0.25) is 9.59 Å². The molecule has 2 amide bonds. The molecule has 5 heteroatoms. The monoisotopic (exact) mass is 528 g/mol. The van der Waals surface area contributed by atoms with E-state index in [1.807, 2.05) is 75.4 Å². The summed E-state index contributed by atoms with van der Waals surface area (Å²) in [6.07, 6.45) is 1.35. The molecule has 0 bridgehead atoms. The van der Waals surface area contributed by atoms with Crippen LogP contribution in [0.5, 0.6) is 5.75 Å². The third kappa shape index (κ3) is 9.27. The minimum absolute atomic E-state index is 0.0530. The Labute approximate surface area is 234 Å². The Morgan fingerprint density at radius 3 is 2.05 bits per heavy atom. The van der Waals surface area contributed by atoms with Gasteiger partial charge >= 0.3 is 0 Å². The molecule has 3 aromatic rings. The summed E-state index contributed by atoms with van der Waals surface area (Å²) in [6.45, 7) is 12.8. The number of hydrogen-bond donors (Lipinski definition) is 1. The van der Waals surface area contributed by atoms with Crippen molar-refractivity contribution in [3.8, 4) is 5.75 Å². The summed E-state index contributed by atoms with van der Waals surface area (Å²) in [5, 5.41) is 3.12. The van der Waals surface area contributed by atoms with Crippen LogP contribution in [0, 0.1) is 0 Å². The van der Waals surface area contributed by atoms with Gasteiger partial charge in [-0.05, 0) is 67.0 Å². The van der Waals surface area contributed by atoms with Crippen molar-refractivity contribution in [2.75, 3.05) is 7.11 Å². The van der Waals surface area contributed by atoms with Gasteiger partial charge in [-0.25, -0.2) is 0 Å². The van der Waals surface area contributed by atoms with Gasteiger partial charge in [-0.2, -0.15) is 0 Å². The number of aryl methyl sites for hydroxylation is 1. The summed E-state index contributed by atoms with van der Waals surface area (Å²) in [6, 6.07) is 25.4. The van der Waals surface area contributed by atoms with Gasteiger partial charge in [0.25, 0.3) is 0 Å². The summed E-state index contributed by atoms with van der Waals surface area (Å²) in [7, 11) is 1.63. The number of carbonyl (C=O) groups excluding carboxylic acids is 2. The predicted octanol–water partition coefficient (Wildman–Crippen LogP) is 6.48. The smallest absolute Gasteiger partial charge is 0.243 e. The molecule has 1 N–H and O–H groups in total. The highest BCUT2D eigenvalue weighted by atomic mass is 16.5. The normalized spacial score (nSPS) is 12.5. The van der Waals surface area contributed by atoms with Crippen LogP contribution >= 0.6 is 0 Å². The van der Waals surface area contributed by atoms with Gasteiger partial charge in [0.15, 0.2) is 0 Å². The van der Waals surface area contributed by atoms with E-state index >= 15 is 0 Å². The number of ether oxygens (including phenoxy) is 1. The molecule has 0 spiro atoms. The summed E-state index contributed by atoms with van der Waals surface area (Å²) in [4.78, 5) is 29.4. The molecule has 0 aliphatic rings. The van der Waals surface area contributed by atoms with Gasteiger partial charge in [0, 0.05) is 24.9 Å². The molecule has 0 saturated heterocycles. The van der Waals surface area contributed by atoms with Crippen LogP contribution in [0.25, 0.3) is 0 Å². The fourth-order valence-corrected chi connectivity index (χ4v) is 4.54. The Morgan fingerprint density at radius 2 is 1.46 bits per heavy atom. The number of nitrogens with zero attached hydrogens (tertiary/aromatic N) is 1. The lowest BCUT2D eigenvalue weighted by molar-refractivity contribution is -0.141. The quantitative estimate of drug-likeness (QED) is 0.328. The van der Waals surface area contributed by atoms with Crippen LogP contribution in [-0.2, 0) is 34.4 Å². The molecule has 0 aliphatic carbocycles. The van der Waals surface area contributed by atoms with E-state index in [0.717, 1.165) is 22.4 Å². The number of benzene rings is 3. The second-order valence-corrected chi connectivity index (χ2v) is 12.3. The number of nitrogens with one attached hydrogen (secondary N) is 1. The van der Waals surface area contributed by atoms with E-state index in [1.165, 1.54) is 5.56 Å². The first kappa shape index (κ1) is 29.9. The van der Waals surface area contributed by atoms with Crippen LogP contribution in [0.2, 0.25) is 0 Å². The Bertz CT molecular complexity index is 1220. The molecular formula is C34H44N2O3. The van der Waals surface area contributed by atoms with E-state index in [1.54, 1.807) is 12.0 Å². The highest BCUT2D eigenvalue weighted by molar-refractivity contribution is 5.88. The molecule has 0 radical (unpaired) electrons. The molecule has 5 nitrogen and oxygen atoms in total. The van der Waals surface area contributed by atoms with Crippen molar-refractivity contribution < 1.29 is 14.3 Å². The zero-order chi connectivity index (χ0) is 28.6. The number of hydrogen-bond acceptors (Lipinski definition) is 3. The zero-order valence-electron chi connectivity index (χ0n) is 24.6. The first-order valence-corrected chi connectivity index (χ1v) is 13.7. The number of methoxy groups -OCH3 is 1. The fraction of sp³-hybridized carbons (Fsp3) is 0.412. The van der Waals surface area contributed by atoms with Gasteiger partial charge in [-0.15, -0.1) is 0 Å². The van der Waals surface area contributed by atoms with Crippen LogP contribution in [0.1, 0.15) is 70.2 Å². The molecule has 0 fully saturated rings. The molecule has 0 aromatic heterocycles. The highest BCUT2D eigenvalue weighted by Crippen LogP contribution is 2.23. The Balaban J connectivity index is 1.92. The predicted molar refractivity (Wildman–Crippen MR) is 159 cm³/mol. The van der Waals surface area contributed by atoms with Crippen LogP contribution < -0.4 is 10.1 Å². The highest BCUT2D eigenvalue weighted by Gasteiger charge is 2.32. The lowest BCUT2D eigenvalue weighted by Crippen LogP contribution is -2.54. The average molecular weight is 529 g/mol. The van der Waals surface area contributed by atoms with Crippen molar-refractivity contribution in [3.63, 3.8) is 0 Å². The lowest BCUT2D eigenvalue weighted by Gasteiger charge is -2.34. The molecule has 0 aliphatic heterocycles. The maximum Gasteiger partial charge on any atom is 0.243 e. The summed E-state index contributed by atoms with van der Waals surface area (Å²) in [5.41, 5.74) is 3.94. The summed E-state index contributed by atoms with van der Waals surface area (Å²) < 4.78 is 5.42. The number of rotatable bonds is 10. The van der Waals surface area contributed by atoms with Crippen LogP contribution in [0.15, 0.2) is 78.9 Å². The Hall–Kier alpha value is -3.60. The van der Waals surface area contributed by atoms with Crippen LogP contribution in [0.3, 0.4) is 0 Å². The second kappa shape index (κ2) is 13.0. The maximum absolute atomic E-state index is 13.9. The molecule has 0 saturated carbocycles. The van der Waals surface area contributed by atoms with Gasteiger partial charge < -0.3 is 15.0 Å². The first-order chi connectivity index (χ1) is 18.4. The SMILES string of the molecule is COc1cccc(CN(C(=O)CCc2ccc(C(C)(C)C)cc2)[C@@H](Cc2ccccc2)C(=O)NC(C)(C)C)c1. The molecule has 3 rings (SSSR count). The second-order valence-electron chi connectivity index (χ2n) is 12.3. The van der Waals surface area contributed by atoms with Crippen molar-refractivity contribution in [1.29, 1.82) is 0 Å². The maximum atomic E-state index is 13.9. The van der Waals surface area contributed by atoms with E-state index < -0.39 is 11.6 Å². The van der Waals surface area contributed by atoms with Crippen molar-refractivity contribution in [2.24, 2.45) is 0 Å². The lowest BCUT2D eigenvalue weighted by atomic mass is 9.86. The summed E-state index contributed by atoms with van der Waals surface area (Å²) >= 11 is 0. The largest absolute Gasteiger partial charge is 0.497 e. The van der Waals surface area contributed by atoms with Gasteiger partial charge in [-0.1, -0.05) is 87.5 Å². The summed E-state index contributed by atoms with van der Waals surface area (Å²) in [5.74, 6) is 0.512. The minimum atomic E-state index is -0.659. The van der Waals surface area contributed by atoms with Crippen LogP contribution in [-0.4, -0.2) is 35.4 Å². The standard InChI is InChI=1S/C34H44N2O3/c1-33(2,3)28-19-16-25(17-20-28)18-21-31(37)36(24-27-14-11-15-29(22-27)39-7)30(32(38)35-34(4,5)6)23-26-12-9-8-10-13-26/h8-17,19-20,22,30H,18,21,23-24H2,1-7H3,(H,35,38)/t30-/m0/s1. The van der Waals surface area contributed by atoms with E-state index in [9.17, 15) is 9.59 Å². The van der Waals surface area contributed by atoms with E-state index in [0.29, 0.717) is 25.8 Å². The Morgan fingerprint density at radius 1 is 0.821 bits per heavy atom. The van der Waals surface area contributed by atoms with Gasteiger partial charge in [0.2, 0.25) is 11.8 Å². The minimum Gasteiger partial charge on any atom is -0.497 e. The molecule has 1 atom stereocenters. The molecule has 208 valence electrons. The van der Waals surface area contributed by atoms with Crippen molar-refractivity contribution in [2.45, 2.75) is 84.3 Å². The number of carbonyl (C=O) groups is 2. The number of amides is 2. The van der Waals surface area contributed by atoms with Crippen molar-refractivity contribution >= 4 is 11.8 Å². The van der Waals surface area contributed by atoms with Crippen molar-refractivity contribution in [1.82, 2.24) is 10.2 Å². The van der Waals surface area contributed by atoms with Gasteiger partial charge in [0.1, 0.15) is 11.8 Å². The van der Waals surface area contributed by atoms with Crippen molar-refractivity contribution in [3.05, 3.63) is 101 Å². The molecular weight excluding hydrogens is 484 g/mol. The third-order valence-electron chi connectivity index (χ3n) is 6.70. The molecule has 0 heterocycles. The van der Waals surface area contributed by atoms with Crippen LogP contribution in [0.4, 0.5) is 0 Å². The topological polar surface area (TPSA) is 58.6 Å². The zero-order valence-corrected chi connectivity index (χ0v) is 24.6. The molecule has 0 unspecified atom stereocenters. The van der Waals surface area contributed by atoms with E-state index in [-0.39, 0.29) is 17.2 Å². The third-order valence-corrected chi connectivity index (χ3v) is 6.70.